The second-order valence-electron chi connectivity index (χ2n) is 9.87. The van der Waals surface area contributed by atoms with E-state index in [1.165, 1.54) is 5.56 Å². The van der Waals surface area contributed by atoms with Crippen LogP contribution in [0.4, 0.5) is 0 Å². The van der Waals surface area contributed by atoms with Gasteiger partial charge in [-0.2, -0.15) is 0 Å². The first-order chi connectivity index (χ1) is 18.1. The highest BCUT2D eigenvalue weighted by Crippen LogP contribution is 2.28. The molecule has 0 bridgehead atoms. The predicted molar refractivity (Wildman–Crippen MR) is 145 cm³/mol. The monoisotopic (exact) mass is 495 g/mol. The minimum atomic E-state index is -0.0585. The molecule has 0 radical (unpaired) electrons. The maximum atomic E-state index is 13.2. The number of nitrogens with one attached hydrogen (secondary N) is 1. The van der Waals surface area contributed by atoms with Gasteiger partial charge < -0.3 is 14.6 Å². The van der Waals surface area contributed by atoms with Crippen molar-refractivity contribution in [2.75, 3.05) is 19.6 Å². The molecule has 37 heavy (non-hydrogen) atoms. The fourth-order valence-electron chi connectivity index (χ4n) is 5.07. The van der Waals surface area contributed by atoms with E-state index in [2.05, 4.69) is 22.4 Å². The molecule has 1 atom stereocenters. The highest BCUT2D eigenvalue weighted by Gasteiger charge is 2.30. The molecule has 4 aromatic rings. The van der Waals surface area contributed by atoms with Crippen LogP contribution in [0.15, 0.2) is 83.3 Å². The molecule has 2 amide bonds. The zero-order valence-electron chi connectivity index (χ0n) is 21.2. The fraction of sp³-hybridized carbons (Fsp3) is 0.323. The molecule has 0 saturated carbocycles. The van der Waals surface area contributed by atoms with Gasteiger partial charge in [-0.3, -0.25) is 9.59 Å². The summed E-state index contributed by atoms with van der Waals surface area (Å²) in [5.74, 6) is 0.890. The number of carbonyl (C=O) groups is 2. The van der Waals surface area contributed by atoms with Gasteiger partial charge in [0.05, 0.1) is 0 Å². The Balaban J connectivity index is 1.12. The number of hydrogen-bond donors (Lipinski definition) is 1. The summed E-state index contributed by atoms with van der Waals surface area (Å²) in [6.07, 6.45) is 3.55. The summed E-state index contributed by atoms with van der Waals surface area (Å²) in [5, 5.41) is 3.11. The molecule has 1 aliphatic rings. The van der Waals surface area contributed by atoms with Crippen molar-refractivity contribution >= 4 is 22.9 Å². The van der Waals surface area contributed by atoms with E-state index in [0.29, 0.717) is 42.2 Å². The highest BCUT2D eigenvalue weighted by molar-refractivity contribution is 5.97. The van der Waals surface area contributed by atoms with Crippen molar-refractivity contribution in [1.29, 1.82) is 0 Å². The fourth-order valence-corrected chi connectivity index (χ4v) is 5.07. The van der Waals surface area contributed by atoms with Gasteiger partial charge in [-0.1, -0.05) is 55.5 Å². The number of carbonyl (C=O) groups excluding carboxylic acids is 2. The van der Waals surface area contributed by atoms with Gasteiger partial charge in [0.25, 0.3) is 5.91 Å². The Morgan fingerprint density at radius 3 is 2.43 bits per heavy atom. The molecular formula is C31H33N3O3. The van der Waals surface area contributed by atoms with Crippen LogP contribution in [-0.2, 0) is 11.2 Å². The first-order valence-electron chi connectivity index (χ1n) is 13.2. The van der Waals surface area contributed by atoms with Gasteiger partial charge in [0.15, 0.2) is 5.58 Å². The molecule has 0 unspecified atom stereocenters. The Kier molecular flexibility index (Phi) is 7.64. The first kappa shape index (κ1) is 24.8. The van der Waals surface area contributed by atoms with Crippen LogP contribution >= 0.6 is 0 Å². The number of fused-ring (bicyclic) bond motifs is 1. The van der Waals surface area contributed by atoms with Crippen molar-refractivity contribution in [1.82, 2.24) is 15.2 Å². The Morgan fingerprint density at radius 2 is 1.70 bits per heavy atom. The average Bonchev–Trinajstić information content (AvgIpc) is 3.39. The summed E-state index contributed by atoms with van der Waals surface area (Å²) in [6, 6.07) is 25.5. The minimum absolute atomic E-state index is 0.00243. The summed E-state index contributed by atoms with van der Waals surface area (Å²) in [5.41, 5.74) is 4.15. The van der Waals surface area contributed by atoms with E-state index in [-0.39, 0.29) is 23.7 Å². The topological polar surface area (TPSA) is 75.4 Å². The lowest BCUT2D eigenvalue weighted by Gasteiger charge is -2.34. The number of nitrogens with zero attached hydrogens (tertiary/aromatic N) is 2. The third-order valence-electron chi connectivity index (χ3n) is 7.39. The third kappa shape index (κ3) is 5.91. The molecule has 0 aliphatic carbocycles. The summed E-state index contributed by atoms with van der Waals surface area (Å²) >= 11 is 0. The van der Waals surface area contributed by atoms with E-state index in [4.69, 9.17) is 4.42 Å². The maximum Gasteiger partial charge on any atom is 0.253 e. The largest absolute Gasteiger partial charge is 0.436 e. The van der Waals surface area contributed by atoms with Gasteiger partial charge in [-0.05, 0) is 67.5 Å². The van der Waals surface area contributed by atoms with Crippen LogP contribution in [0.25, 0.3) is 22.6 Å². The lowest BCUT2D eigenvalue weighted by atomic mass is 9.84. The van der Waals surface area contributed by atoms with E-state index < -0.39 is 0 Å². The van der Waals surface area contributed by atoms with Gasteiger partial charge in [0.2, 0.25) is 11.8 Å². The van der Waals surface area contributed by atoms with Crippen LogP contribution < -0.4 is 5.32 Å². The Hall–Kier alpha value is -3.93. The highest BCUT2D eigenvalue weighted by atomic mass is 16.3. The molecule has 1 saturated heterocycles. The van der Waals surface area contributed by atoms with E-state index in [0.717, 1.165) is 31.2 Å². The molecule has 6 heteroatoms. The number of benzene rings is 3. The molecule has 1 fully saturated rings. The Bertz CT molecular complexity index is 1340. The van der Waals surface area contributed by atoms with Crippen molar-refractivity contribution in [3.63, 3.8) is 0 Å². The smallest absolute Gasteiger partial charge is 0.253 e. The van der Waals surface area contributed by atoms with Crippen LogP contribution in [0.5, 0.6) is 0 Å². The number of piperidine rings is 1. The summed E-state index contributed by atoms with van der Waals surface area (Å²) in [7, 11) is 0. The molecule has 190 valence electrons. The lowest BCUT2D eigenvalue weighted by molar-refractivity contribution is -0.126. The van der Waals surface area contributed by atoms with Crippen LogP contribution in [-0.4, -0.2) is 41.3 Å². The second-order valence-corrected chi connectivity index (χ2v) is 9.87. The maximum absolute atomic E-state index is 13.2. The van der Waals surface area contributed by atoms with Crippen LogP contribution in [0, 0.1) is 11.8 Å². The summed E-state index contributed by atoms with van der Waals surface area (Å²) in [6.45, 7) is 4.01. The minimum Gasteiger partial charge on any atom is -0.436 e. The van der Waals surface area contributed by atoms with Crippen molar-refractivity contribution in [3.05, 3.63) is 90.0 Å². The molecule has 1 aromatic heterocycles. The molecular weight excluding hydrogens is 462 g/mol. The predicted octanol–water partition coefficient (Wildman–Crippen LogP) is 5.73. The van der Waals surface area contributed by atoms with Gasteiger partial charge in [0, 0.05) is 36.7 Å². The molecule has 5 rings (SSSR count). The number of aryl methyl sites for hydroxylation is 1. The van der Waals surface area contributed by atoms with Gasteiger partial charge in [-0.25, -0.2) is 4.98 Å². The second kappa shape index (κ2) is 11.4. The summed E-state index contributed by atoms with van der Waals surface area (Å²) < 4.78 is 5.88. The number of aromatic nitrogens is 1. The lowest BCUT2D eigenvalue weighted by Crippen LogP contribution is -2.42. The van der Waals surface area contributed by atoms with Crippen molar-refractivity contribution in [3.8, 4) is 11.5 Å². The number of amides is 2. The quantitative estimate of drug-likeness (QED) is 0.317. The average molecular weight is 496 g/mol. The first-order valence-corrected chi connectivity index (χ1v) is 13.2. The van der Waals surface area contributed by atoms with E-state index in [9.17, 15) is 9.59 Å². The zero-order chi connectivity index (χ0) is 25.6. The normalized spacial score (nSPS) is 15.0. The standard InChI is InChI=1S/C31H33N3O3/c1-22(29(35)32-18-8-11-23-9-4-2-5-10-23)24-16-19-34(20-17-24)31(36)26-14-15-28-27(21-26)33-30(37-28)25-12-6-3-7-13-25/h2-7,9-10,12-15,21-22,24H,8,11,16-20H2,1H3,(H,32,35)/t22-/m1/s1. The van der Waals surface area contributed by atoms with Crippen LogP contribution in [0.2, 0.25) is 0 Å². The number of oxazole rings is 1. The molecule has 2 heterocycles. The van der Waals surface area contributed by atoms with Gasteiger partial charge in [0.1, 0.15) is 5.52 Å². The van der Waals surface area contributed by atoms with E-state index in [1.54, 1.807) is 0 Å². The van der Waals surface area contributed by atoms with Crippen molar-refractivity contribution < 1.29 is 14.0 Å². The summed E-state index contributed by atoms with van der Waals surface area (Å²) in [4.78, 5) is 32.4. The molecule has 1 N–H and O–H groups in total. The Labute approximate surface area is 217 Å². The van der Waals surface area contributed by atoms with E-state index in [1.807, 2.05) is 78.6 Å². The van der Waals surface area contributed by atoms with Gasteiger partial charge >= 0.3 is 0 Å². The molecule has 0 spiro atoms. The van der Waals surface area contributed by atoms with Crippen LogP contribution in [0.3, 0.4) is 0 Å². The number of likely N-dealkylation sites (tertiary alicyclic amines) is 1. The molecule has 3 aromatic carbocycles. The third-order valence-corrected chi connectivity index (χ3v) is 7.39. The van der Waals surface area contributed by atoms with Crippen molar-refractivity contribution in [2.45, 2.75) is 32.6 Å². The SMILES string of the molecule is C[C@@H](C(=O)NCCCc1ccccc1)C1CCN(C(=O)c2ccc3oc(-c4ccccc4)nc3c2)CC1. The number of rotatable bonds is 8. The van der Waals surface area contributed by atoms with E-state index >= 15 is 0 Å². The van der Waals surface area contributed by atoms with Crippen molar-refractivity contribution in [2.24, 2.45) is 11.8 Å². The Morgan fingerprint density at radius 1 is 1.00 bits per heavy atom. The van der Waals surface area contributed by atoms with Gasteiger partial charge in [-0.15, -0.1) is 0 Å². The molecule has 6 nitrogen and oxygen atoms in total. The molecule has 1 aliphatic heterocycles. The number of hydrogen-bond acceptors (Lipinski definition) is 4. The van der Waals surface area contributed by atoms with Crippen LogP contribution in [0.1, 0.15) is 42.1 Å². The zero-order valence-corrected chi connectivity index (χ0v) is 21.2.